The zero-order valence-electron chi connectivity index (χ0n) is 31.1. The standard InChI is InChI=1S/C44H56O4/c1-41(2,3)33-17-25-13-27-19-34(42(4,5)6)21-29(38(27)46)15-31-23-36(44(10,11)12)24-32(40(31)48)16-30-22-35(43(7,8)9)20-28(39(30)47)14-26(18-33)37(25)45/h17-24,45-48H,13-16H2,1-12H3/p-4. The van der Waals surface area contributed by atoms with Gasteiger partial charge in [0.1, 0.15) is 0 Å². The zero-order chi connectivity index (χ0) is 35.7. The number of fused-ring (bicyclic) bond motifs is 8. The van der Waals surface area contributed by atoms with Crippen molar-refractivity contribution in [1.29, 1.82) is 0 Å². The van der Waals surface area contributed by atoms with Gasteiger partial charge >= 0.3 is 0 Å². The Hall–Kier alpha value is -3.92. The summed E-state index contributed by atoms with van der Waals surface area (Å²) < 4.78 is 0. The minimum absolute atomic E-state index is 0.124. The van der Waals surface area contributed by atoms with Crippen molar-refractivity contribution in [3.63, 3.8) is 0 Å². The molecule has 0 atom stereocenters. The molecule has 48 heavy (non-hydrogen) atoms. The second-order valence-electron chi connectivity index (χ2n) is 18.2. The number of hydrogen-bond acceptors (Lipinski definition) is 4. The molecule has 0 fully saturated rings. The largest absolute Gasteiger partial charge is 0.872 e. The fourth-order valence-electron chi connectivity index (χ4n) is 6.62. The van der Waals surface area contributed by atoms with Crippen LogP contribution in [0.2, 0.25) is 0 Å². The summed E-state index contributed by atoms with van der Waals surface area (Å²) in [7, 11) is 0. The van der Waals surface area contributed by atoms with Crippen LogP contribution in [0.25, 0.3) is 0 Å². The first-order chi connectivity index (χ1) is 21.9. The molecular weight excluding hydrogens is 592 g/mol. The molecule has 0 saturated carbocycles. The smallest absolute Gasteiger partial charge is 0.00375 e. The SMILES string of the molecule is CC(C)(C)c1cc2c([O-])c(c1)Cc1cc(C(C)(C)C)cc(c1[O-])Cc1cc(C(C)(C)C)cc(c1[O-])Cc1cc(C(C)(C)C)cc(c1[O-])C2. The summed E-state index contributed by atoms with van der Waals surface area (Å²) in [6.45, 7) is 25.3. The van der Waals surface area contributed by atoms with Gasteiger partial charge in [0, 0.05) is 0 Å². The van der Waals surface area contributed by atoms with Gasteiger partial charge in [0.25, 0.3) is 0 Å². The summed E-state index contributed by atoms with van der Waals surface area (Å²) in [5.74, 6) is -0.496. The van der Waals surface area contributed by atoms with Crippen LogP contribution in [0.5, 0.6) is 23.0 Å². The lowest BCUT2D eigenvalue weighted by atomic mass is 9.79. The molecule has 0 spiro atoms. The van der Waals surface area contributed by atoms with Gasteiger partial charge in [-0.05, 0) is 69.6 Å². The fourth-order valence-corrected chi connectivity index (χ4v) is 6.62. The van der Waals surface area contributed by atoms with Crippen LogP contribution in [0.1, 0.15) is 150 Å². The van der Waals surface area contributed by atoms with Gasteiger partial charge in [0.2, 0.25) is 0 Å². The van der Waals surface area contributed by atoms with Crippen molar-refractivity contribution in [1.82, 2.24) is 0 Å². The highest BCUT2D eigenvalue weighted by molar-refractivity contribution is 5.58. The molecule has 4 nitrogen and oxygen atoms in total. The highest BCUT2D eigenvalue weighted by Gasteiger charge is 2.23. The average Bonchev–Trinajstić information content (AvgIpc) is 2.93. The Morgan fingerprint density at radius 2 is 0.417 bits per heavy atom. The molecule has 1 aliphatic rings. The Kier molecular flexibility index (Phi) is 8.77. The van der Waals surface area contributed by atoms with Gasteiger partial charge in [0.15, 0.2) is 0 Å². The van der Waals surface area contributed by atoms with Crippen LogP contribution in [-0.2, 0) is 47.3 Å². The van der Waals surface area contributed by atoms with E-state index in [4.69, 9.17) is 0 Å². The molecule has 256 valence electrons. The summed E-state index contributed by atoms with van der Waals surface area (Å²) >= 11 is 0. The lowest BCUT2D eigenvalue weighted by molar-refractivity contribution is -0.271. The van der Waals surface area contributed by atoms with Gasteiger partial charge in [-0.25, -0.2) is 0 Å². The molecule has 1 aliphatic carbocycles. The molecule has 0 N–H and O–H groups in total. The maximum absolute atomic E-state index is 14.3. The average molecular weight is 645 g/mol. The highest BCUT2D eigenvalue weighted by Crippen LogP contribution is 2.41. The van der Waals surface area contributed by atoms with Crippen LogP contribution < -0.4 is 20.4 Å². The van der Waals surface area contributed by atoms with E-state index in [1.807, 2.05) is 48.5 Å². The van der Waals surface area contributed by atoms with Crippen molar-refractivity contribution in [3.8, 4) is 23.0 Å². The van der Waals surface area contributed by atoms with Gasteiger partial charge in [-0.1, -0.05) is 176 Å². The topological polar surface area (TPSA) is 92.2 Å². The van der Waals surface area contributed by atoms with Crippen molar-refractivity contribution in [2.45, 2.75) is 130 Å². The van der Waals surface area contributed by atoms with Gasteiger partial charge in [0.05, 0.1) is 0 Å². The number of benzene rings is 4. The molecule has 4 aromatic rings. The summed E-state index contributed by atoms with van der Waals surface area (Å²) in [4.78, 5) is 0. The van der Waals surface area contributed by atoms with E-state index in [1.54, 1.807) is 0 Å². The first-order valence-corrected chi connectivity index (χ1v) is 17.3. The van der Waals surface area contributed by atoms with E-state index in [2.05, 4.69) is 83.1 Å². The minimum atomic E-state index is -0.256. The summed E-state index contributed by atoms with van der Waals surface area (Å²) in [6, 6.07) is 15.6. The fraction of sp³-hybridized carbons (Fsp3) is 0.455. The molecule has 0 amide bonds. The monoisotopic (exact) mass is 644 g/mol. The molecule has 5 rings (SSSR count). The van der Waals surface area contributed by atoms with Crippen LogP contribution in [0.15, 0.2) is 48.5 Å². The summed E-state index contributed by atoms with van der Waals surface area (Å²) in [5.41, 5.74) is 7.39. The maximum Gasteiger partial charge on any atom is -0.00375 e. The Balaban J connectivity index is 1.89. The Morgan fingerprint density at radius 3 is 0.521 bits per heavy atom. The minimum Gasteiger partial charge on any atom is -0.872 e. The van der Waals surface area contributed by atoms with Crippen LogP contribution >= 0.6 is 0 Å². The van der Waals surface area contributed by atoms with Gasteiger partial charge in [-0.3, -0.25) is 0 Å². The molecule has 0 heterocycles. The third-order valence-electron chi connectivity index (χ3n) is 9.96. The lowest BCUT2D eigenvalue weighted by Gasteiger charge is -2.32. The van der Waals surface area contributed by atoms with Crippen LogP contribution in [0, 0.1) is 0 Å². The first-order valence-electron chi connectivity index (χ1n) is 17.3. The molecule has 0 radical (unpaired) electrons. The highest BCUT2D eigenvalue weighted by atomic mass is 16.3. The first kappa shape index (κ1) is 35.4. The van der Waals surface area contributed by atoms with Crippen molar-refractivity contribution in [2.24, 2.45) is 0 Å². The predicted molar refractivity (Wildman–Crippen MR) is 190 cm³/mol. The molecular formula is C44H52O4-4. The molecule has 4 aromatic carbocycles. The lowest BCUT2D eigenvalue weighted by Crippen LogP contribution is -2.18. The van der Waals surface area contributed by atoms with E-state index in [0.717, 1.165) is 22.3 Å². The van der Waals surface area contributed by atoms with E-state index in [-0.39, 0.29) is 70.3 Å². The quantitative estimate of drug-likeness (QED) is 0.172. The third kappa shape index (κ3) is 7.09. The summed E-state index contributed by atoms with van der Waals surface area (Å²) in [6.07, 6.45) is 0.724. The molecule has 4 heteroatoms. The van der Waals surface area contributed by atoms with Crippen LogP contribution in [0.3, 0.4) is 0 Å². The Morgan fingerprint density at radius 1 is 0.292 bits per heavy atom. The van der Waals surface area contributed by atoms with Gasteiger partial charge in [-0.2, -0.15) is 0 Å². The van der Waals surface area contributed by atoms with Crippen molar-refractivity contribution < 1.29 is 20.4 Å². The zero-order valence-corrected chi connectivity index (χ0v) is 31.1. The van der Waals surface area contributed by atoms with Gasteiger partial charge in [-0.15, -0.1) is 23.0 Å². The van der Waals surface area contributed by atoms with Crippen molar-refractivity contribution >= 4 is 0 Å². The Bertz CT molecular complexity index is 1510. The summed E-state index contributed by atoms with van der Waals surface area (Å²) in [5, 5.41) is 57.1. The second kappa shape index (κ2) is 11.9. The Labute approximate surface area is 288 Å². The third-order valence-corrected chi connectivity index (χ3v) is 9.96. The van der Waals surface area contributed by atoms with Crippen molar-refractivity contribution in [3.05, 3.63) is 115 Å². The molecule has 8 bridgehead atoms. The van der Waals surface area contributed by atoms with E-state index < -0.39 is 0 Å². The van der Waals surface area contributed by atoms with Crippen molar-refractivity contribution in [2.75, 3.05) is 0 Å². The molecule has 0 saturated heterocycles. The predicted octanol–water partition coefficient (Wildman–Crippen LogP) is 7.85. The van der Waals surface area contributed by atoms with Gasteiger partial charge < -0.3 is 20.4 Å². The second-order valence-corrected chi connectivity index (χ2v) is 18.2. The number of hydrogen-bond donors (Lipinski definition) is 0. The molecule has 0 aliphatic heterocycles. The maximum atomic E-state index is 14.3. The van der Waals surface area contributed by atoms with Crippen LogP contribution in [-0.4, -0.2) is 0 Å². The number of rotatable bonds is 0. The van der Waals surface area contributed by atoms with E-state index >= 15 is 0 Å². The molecule has 0 aromatic heterocycles. The normalized spacial score (nSPS) is 14.2. The molecule has 0 unspecified atom stereocenters. The van der Waals surface area contributed by atoms with E-state index in [1.165, 1.54) is 0 Å². The van der Waals surface area contributed by atoms with Crippen LogP contribution in [0.4, 0.5) is 0 Å². The van der Waals surface area contributed by atoms with E-state index in [9.17, 15) is 20.4 Å². The van der Waals surface area contributed by atoms with E-state index in [0.29, 0.717) is 44.5 Å².